The number of fused-ring (bicyclic) bond motifs is 1. The minimum absolute atomic E-state index is 0.0869. The molecule has 0 bridgehead atoms. The highest BCUT2D eigenvalue weighted by atomic mass is 79.9. The van der Waals surface area contributed by atoms with Crippen molar-refractivity contribution in [2.45, 2.75) is 12.8 Å². The van der Waals surface area contributed by atoms with Crippen LogP contribution in [0.15, 0.2) is 47.1 Å². The SMILES string of the molecule is O=C(NCCc1ccccn1)[C@H]1CC(=O)N(c2n[nH]c3cc(Br)ccc23)C1. The number of anilines is 1. The van der Waals surface area contributed by atoms with Gasteiger partial charge >= 0.3 is 0 Å². The summed E-state index contributed by atoms with van der Waals surface area (Å²) in [5.74, 6) is 0.00952. The Labute approximate surface area is 164 Å². The number of carbonyl (C=O) groups excluding carboxylic acids is 2. The molecule has 0 spiro atoms. The van der Waals surface area contributed by atoms with Crippen LogP contribution in [0.1, 0.15) is 12.1 Å². The monoisotopic (exact) mass is 427 g/mol. The smallest absolute Gasteiger partial charge is 0.229 e. The van der Waals surface area contributed by atoms with E-state index in [1.54, 1.807) is 11.1 Å². The molecule has 4 rings (SSSR count). The predicted octanol–water partition coefficient (Wildman–Crippen LogP) is 2.43. The third-order valence-electron chi connectivity index (χ3n) is 4.66. The molecule has 1 aliphatic heterocycles. The minimum Gasteiger partial charge on any atom is -0.355 e. The number of benzene rings is 1. The molecule has 138 valence electrons. The minimum atomic E-state index is -0.372. The summed E-state index contributed by atoms with van der Waals surface area (Å²) in [6.07, 6.45) is 2.59. The van der Waals surface area contributed by atoms with Crippen molar-refractivity contribution in [3.63, 3.8) is 0 Å². The van der Waals surface area contributed by atoms with Crippen LogP contribution in [0.3, 0.4) is 0 Å². The molecule has 3 heterocycles. The van der Waals surface area contributed by atoms with Crippen molar-refractivity contribution in [1.29, 1.82) is 0 Å². The Hall–Kier alpha value is -2.74. The van der Waals surface area contributed by atoms with Crippen LogP contribution in [0.2, 0.25) is 0 Å². The molecule has 1 aliphatic rings. The maximum Gasteiger partial charge on any atom is 0.229 e. The number of hydrogen-bond donors (Lipinski definition) is 2. The van der Waals surface area contributed by atoms with Crippen molar-refractivity contribution < 1.29 is 9.59 Å². The van der Waals surface area contributed by atoms with Gasteiger partial charge in [0.15, 0.2) is 5.82 Å². The van der Waals surface area contributed by atoms with Crippen LogP contribution in [0, 0.1) is 5.92 Å². The second kappa shape index (κ2) is 7.48. The summed E-state index contributed by atoms with van der Waals surface area (Å²) in [5.41, 5.74) is 1.77. The maximum atomic E-state index is 12.5. The zero-order valence-electron chi connectivity index (χ0n) is 14.5. The first kappa shape index (κ1) is 17.7. The molecule has 2 amide bonds. The van der Waals surface area contributed by atoms with E-state index in [4.69, 9.17) is 0 Å². The fourth-order valence-electron chi connectivity index (χ4n) is 3.28. The van der Waals surface area contributed by atoms with Gasteiger partial charge in [0, 0.05) is 47.7 Å². The van der Waals surface area contributed by atoms with Gasteiger partial charge in [-0.25, -0.2) is 0 Å². The van der Waals surface area contributed by atoms with Crippen LogP contribution in [0.25, 0.3) is 10.9 Å². The van der Waals surface area contributed by atoms with Gasteiger partial charge in [0.05, 0.1) is 11.4 Å². The molecule has 2 aromatic heterocycles. The molecule has 1 aromatic carbocycles. The van der Waals surface area contributed by atoms with Crippen molar-refractivity contribution in [2.24, 2.45) is 5.92 Å². The quantitative estimate of drug-likeness (QED) is 0.653. The fourth-order valence-corrected chi connectivity index (χ4v) is 3.64. The molecule has 0 unspecified atom stereocenters. The summed E-state index contributed by atoms with van der Waals surface area (Å²) in [5, 5.41) is 11.0. The first-order valence-electron chi connectivity index (χ1n) is 8.73. The predicted molar refractivity (Wildman–Crippen MR) is 105 cm³/mol. The van der Waals surface area contributed by atoms with E-state index in [9.17, 15) is 9.59 Å². The first-order chi connectivity index (χ1) is 13.1. The number of aromatic amines is 1. The van der Waals surface area contributed by atoms with Crippen LogP contribution in [-0.2, 0) is 16.0 Å². The van der Waals surface area contributed by atoms with Crippen LogP contribution < -0.4 is 10.2 Å². The second-order valence-electron chi connectivity index (χ2n) is 6.50. The van der Waals surface area contributed by atoms with Gasteiger partial charge in [-0.1, -0.05) is 22.0 Å². The summed E-state index contributed by atoms with van der Waals surface area (Å²) < 4.78 is 0.933. The zero-order valence-corrected chi connectivity index (χ0v) is 16.1. The Bertz CT molecular complexity index is 988. The maximum absolute atomic E-state index is 12.5. The average molecular weight is 428 g/mol. The van der Waals surface area contributed by atoms with Gasteiger partial charge in [-0.2, -0.15) is 5.10 Å². The molecule has 0 saturated carbocycles. The molecule has 3 aromatic rings. The van der Waals surface area contributed by atoms with Gasteiger partial charge < -0.3 is 5.32 Å². The lowest BCUT2D eigenvalue weighted by Crippen LogP contribution is -2.34. The van der Waals surface area contributed by atoms with Gasteiger partial charge in [0.1, 0.15) is 0 Å². The van der Waals surface area contributed by atoms with Gasteiger partial charge in [-0.15, -0.1) is 0 Å². The number of H-pyrrole nitrogens is 1. The van der Waals surface area contributed by atoms with Crippen molar-refractivity contribution in [2.75, 3.05) is 18.0 Å². The third kappa shape index (κ3) is 3.71. The highest BCUT2D eigenvalue weighted by Crippen LogP contribution is 2.31. The number of nitrogens with one attached hydrogen (secondary N) is 2. The van der Waals surface area contributed by atoms with Crippen molar-refractivity contribution in [1.82, 2.24) is 20.5 Å². The van der Waals surface area contributed by atoms with E-state index >= 15 is 0 Å². The van der Waals surface area contributed by atoms with E-state index in [1.165, 1.54) is 0 Å². The molecule has 8 heteroatoms. The van der Waals surface area contributed by atoms with Gasteiger partial charge in [0.25, 0.3) is 0 Å². The summed E-state index contributed by atoms with van der Waals surface area (Å²) in [7, 11) is 0. The van der Waals surface area contributed by atoms with E-state index in [0.29, 0.717) is 25.3 Å². The number of rotatable bonds is 5. The Morgan fingerprint density at radius 2 is 2.22 bits per heavy atom. The zero-order chi connectivity index (χ0) is 18.8. The van der Waals surface area contributed by atoms with Crippen LogP contribution in [-0.4, -0.2) is 40.1 Å². The molecule has 7 nitrogen and oxygen atoms in total. The number of carbonyl (C=O) groups is 2. The van der Waals surface area contributed by atoms with Crippen LogP contribution in [0.4, 0.5) is 5.82 Å². The number of pyridine rings is 1. The third-order valence-corrected chi connectivity index (χ3v) is 5.16. The first-order valence-corrected chi connectivity index (χ1v) is 9.53. The Kier molecular flexibility index (Phi) is 4.89. The standard InChI is InChI=1S/C19H18BrN5O2/c20-13-4-5-15-16(10-13)23-24-18(15)25-11-12(9-17(25)26)19(27)22-8-6-14-3-1-2-7-21-14/h1-5,7,10,12H,6,8-9,11H2,(H,22,27)(H,23,24)/t12-/m0/s1. The summed E-state index contributed by atoms with van der Waals surface area (Å²) in [6, 6.07) is 11.4. The second-order valence-corrected chi connectivity index (χ2v) is 7.42. The highest BCUT2D eigenvalue weighted by molar-refractivity contribution is 9.10. The van der Waals surface area contributed by atoms with Gasteiger partial charge in [-0.3, -0.25) is 24.6 Å². The molecular formula is C19H18BrN5O2. The topological polar surface area (TPSA) is 91.0 Å². The largest absolute Gasteiger partial charge is 0.355 e. The molecule has 0 radical (unpaired) electrons. The normalized spacial score (nSPS) is 16.9. The number of aromatic nitrogens is 3. The Balaban J connectivity index is 1.40. The van der Waals surface area contributed by atoms with E-state index in [-0.39, 0.29) is 24.2 Å². The van der Waals surface area contributed by atoms with Crippen molar-refractivity contribution in [3.05, 3.63) is 52.8 Å². The number of nitrogens with zero attached hydrogens (tertiary/aromatic N) is 3. The number of halogens is 1. The lowest BCUT2D eigenvalue weighted by atomic mass is 10.1. The number of hydrogen-bond acceptors (Lipinski definition) is 4. The summed E-state index contributed by atoms with van der Waals surface area (Å²) in [4.78, 5) is 30.8. The van der Waals surface area contributed by atoms with E-state index in [0.717, 1.165) is 21.1 Å². The molecule has 1 saturated heterocycles. The summed E-state index contributed by atoms with van der Waals surface area (Å²) in [6.45, 7) is 0.837. The molecule has 0 aliphatic carbocycles. The average Bonchev–Trinajstić information content (AvgIpc) is 3.25. The van der Waals surface area contributed by atoms with Gasteiger partial charge in [0.2, 0.25) is 11.8 Å². The summed E-state index contributed by atoms with van der Waals surface area (Å²) >= 11 is 3.42. The lowest BCUT2D eigenvalue weighted by Gasteiger charge is -2.14. The number of amides is 2. The molecule has 2 N–H and O–H groups in total. The molecule has 27 heavy (non-hydrogen) atoms. The Morgan fingerprint density at radius 1 is 1.33 bits per heavy atom. The van der Waals surface area contributed by atoms with Crippen molar-refractivity contribution in [3.8, 4) is 0 Å². The fraction of sp³-hybridized carbons (Fsp3) is 0.263. The van der Waals surface area contributed by atoms with Crippen LogP contribution in [0.5, 0.6) is 0 Å². The van der Waals surface area contributed by atoms with E-state index in [2.05, 4.69) is 36.4 Å². The van der Waals surface area contributed by atoms with Crippen LogP contribution >= 0.6 is 15.9 Å². The van der Waals surface area contributed by atoms with E-state index in [1.807, 2.05) is 36.4 Å². The van der Waals surface area contributed by atoms with Crippen molar-refractivity contribution >= 4 is 44.5 Å². The molecule has 1 fully saturated rings. The molecule has 1 atom stereocenters. The highest BCUT2D eigenvalue weighted by Gasteiger charge is 2.36. The van der Waals surface area contributed by atoms with Gasteiger partial charge in [-0.05, 0) is 30.3 Å². The Morgan fingerprint density at radius 3 is 3.04 bits per heavy atom. The van der Waals surface area contributed by atoms with E-state index < -0.39 is 0 Å². The molecular weight excluding hydrogens is 410 g/mol. The lowest BCUT2D eigenvalue weighted by molar-refractivity contribution is -0.126.